The molecule has 0 aromatic carbocycles. The number of hydrogen-bond donors (Lipinski definition) is 1. The first-order valence-electron chi connectivity index (χ1n) is 4.70. The van der Waals surface area contributed by atoms with E-state index in [1.165, 1.54) is 29.7 Å². The molecule has 2 heterocycles. The van der Waals surface area contributed by atoms with Crippen molar-refractivity contribution in [3.05, 3.63) is 28.3 Å². The Hall–Kier alpha value is -1.54. The van der Waals surface area contributed by atoms with Gasteiger partial charge in [0.05, 0.1) is 4.90 Å². The van der Waals surface area contributed by atoms with Gasteiger partial charge in [-0.1, -0.05) is 0 Å². The van der Waals surface area contributed by atoms with Crippen molar-refractivity contribution in [2.45, 2.75) is 17.6 Å². The maximum absolute atomic E-state index is 12.0. The smallest absolute Gasteiger partial charge is 0.186 e. The van der Waals surface area contributed by atoms with E-state index in [4.69, 9.17) is 5.73 Å². The van der Waals surface area contributed by atoms with E-state index in [0.29, 0.717) is 5.01 Å². The second kappa shape index (κ2) is 4.38. The number of aromatic nitrogens is 3. The normalized spacial score (nSPS) is 11.6. The van der Waals surface area contributed by atoms with Crippen molar-refractivity contribution >= 4 is 27.0 Å². The fraction of sp³-hybridized carbons (Fsp3) is 0.222. The summed E-state index contributed by atoms with van der Waals surface area (Å²) in [5.74, 6) is 0.125. The first-order valence-corrected chi connectivity index (χ1v) is 7.17. The molecule has 8 heteroatoms. The first kappa shape index (κ1) is 11.9. The molecule has 2 aromatic rings. The van der Waals surface area contributed by atoms with Gasteiger partial charge in [-0.25, -0.2) is 13.4 Å². The van der Waals surface area contributed by atoms with Gasteiger partial charge in [0.1, 0.15) is 21.6 Å². The third-order valence-electron chi connectivity index (χ3n) is 2.00. The van der Waals surface area contributed by atoms with Gasteiger partial charge in [-0.15, -0.1) is 21.5 Å². The number of sulfone groups is 1. The van der Waals surface area contributed by atoms with E-state index >= 15 is 0 Å². The van der Waals surface area contributed by atoms with Crippen LogP contribution in [0, 0.1) is 6.92 Å². The topological polar surface area (TPSA) is 98.8 Å². The zero-order chi connectivity index (χ0) is 12.5. The molecule has 0 aliphatic heterocycles. The molecule has 2 aromatic heterocycles. The fourth-order valence-corrected chi connectivity index (χ4v) is 3.46. The molecule has 17 heavy (non-hydrogen) atoms. The van der Waals surface area contributed by atoms with E-state index in [-0.39, 0.29) is 16.5 Å². The Morgan fingerprint density at radius 3 is 2.65 bits per heavy atom. The molecular weight excluding hydrogens is 260 g/mol. The molecule has 0 unspecified atom stereocenters. The molecule has 0 radical (unpaired) electrons. The van der Waals surface area contributed by atoms with Crippen molar-refractivity contribution in [2.24, 2.45) is 0 Å². The van der Waals surface area contributed by atoms with Crippen LogP contribution in [0.3, 0.4) is 0 Å². The molecule has 0 saturated heterocycles. The van der Waals surface area contributed by atoms with Crippen molar-refractivity contribution in [3.8, 4) is 0 Å². The summed E-state index contributed by atoms with van der Waals surface area (Å²) in [6.45, 7) is 1.78. The van der Waals surface area contributed by atoms with Gasteiger partial charge in [0.15, 0.2) is 9.84 Å². The Morgan fingerprint density at radius 2 is 2.12 bits per heavy atom. The molecule has 2 rings (SSSR count). The molecule has 0 aliphatic carbocycles. The average Bonchev–Trinajstić information content (AvgIpc) is 2.63. The lowest BCUT2D eigenvalue weighted by molar-refractivity contribution is 0.594. The van der Waals surface area contributed by atoms with Crippen LogP contribution in [-0.4, -0.2) is 23.6 Å². The Balaban J connectivity index is 2.28. The van der Waals surface area contributed by atoms with Crippen molar-refractivity contribution in [1.82, 2.24) is 15.2 Å². The highest BCUT2D eigenvalue weighted by atomic mass is 32.2. The first-order chi connectivity index (χ1) is 7.97. The minimum atomic E-state index is -3.43. The number of nitrogen functional groups attached to an aromatic ring is 1. The van der Waals surface area contributed by atoms with Crippen molar-refractivity contribution in [2.75, 3.05) is 5.73 Å². The van der Waals surface area contributed by atoms with Crippen LogP contribution in [0.4, 0.5) is 5.82 Å². The van der Waals surface area contributed by atoms with E-state index < -0.39 is 9.84 Å². The lowest BCUT2D eigenvalue weighted by Crippen LogP contribution is -2.05. The highest BCUT2D eigenvalue weighted by Crippen LogP contribution is 2.18. The molecule has 0 fully saturated rings. The van der Waals surface area contributed by atoms with E-state index in [1.54, 1.807) is 6.92 Å². The van der Waals surface area contributed by atoms with E-state index in [9.17, 15) is 8.42 Å². The maximum Gasteiger partial charge on any atom is 0.186 e. The van der Waals surface area contributed by atoms with Gasteiger partial charge in [0.25, 0.3) is 0 Å². The molecule has 0 aliphatic rings. The van der Waals surface area contributed by atoms with Gasteiger partial charge in [0, 0.05) is 6.20 Å². The van der Waals surface area contributed by atoms with Gasteiger partial charge in [-0.05, 0) is 19.1 Å². The summed E-state index contributed by atoms with van der Waals surface area (Å²) in [5, 5.41) is 8.78. The van der Waals surface area contributed by atoms with Crippen molar-refractivity contribution in [1.29, 1.82) is 0 Å². The summed E-state index contributed by atoms with van der Waals surface area (Å²) >= 11 is 1.27. The monoisotopic (exact) mass is 270 g/mol. The lowest BCUT2D eigenvalue weighted by Gasteiger charge is -2.01. The van der Waals surface area contributed by atoms with Gasteiger partial charge < -0.3 is 5.73 Å². The van der Waals surface area contributed by atoms with Crippen molar-refractivity contribution in [3.63, 3.8) is 0 Å². The maximum atomic E-state index is 12.0. The Labute approximate surface area is 102 Å². The Morgan fingerprint density at radius 1 is 1.35 bits per heavy atom. The van der Waals surface area contributed by atoms with Crippen LogP contribution in [0.25, 0.3) is 0 Å². The highest BCUT2D eigenvalue weighted by Gasteiger charge is 2.18. The minimum absolute atomic E-state index is 0.138. The second-order valence-corrected chi connectivity index (χ2v) is 6.65. The Kier molecular flexibility index (Phi) is 3.07. The number of nitrogens with two attached hydrogens (primary N) is 1. The predicted octanol–water partition coefficient (Wildman–Crippen LogP) is 0.798. The zero-order valence-electron chi connectivity index (χ0n) is 8.99. The lowest BCUT2D eigenvalue weighted by atomic mass is 10.5. The van der Waals surface area contributed by atoms with Crippen LogP contribution >= 0.6 is 11.3 Å². The largest absolute Gasteiger partial charge is 0.384 e. The van der Waals surface area contributed by atoms with Crippen LogP contribution in [0.2, 0.25) is 0 Å². The van der Waals surface area contributed by atoms with Crippen LogP contribution in [0.5, 0.6) is 0 Å². The molecular formula is C9H10N4O2S2. The highest BCUT2D eigenvalue weighted by molar-refractivity contribution is 7.90. The van der Waals surface area contributed by atoms with Crippen LogP contribution in [-0.2, 0) is 15.6 Å². The van der Waals surface area contributed by atoms with Crippen LogP contribution in [0.15, 0.2) is 23.2 Å². The quantitative estimate of drug-likeness (QED) is 0.885. The average molecular weight is 270 g/mol. The number of rotatable bonds is 3. The molecule has 90 valence electrons. The van der Waals surface area contributed by atoms with E-state index in [2.05, 4.69) is 15.2 Å². The number of aryl methyl sites for hydroxylation is 1. The molecule has 0 bridgehead atoms. The molecule has 2 N–H and O–H groups in total. The summed E-state index contributed by atoms with van der Waals surface area (Å²) in [4.78, 5) is 3.90. The van der Waals surface area contributed by atoms with Gasteiger partial charge in [-0.3, -0.25) is 0 Å². The fourth-order valence-electron chi connectivity index (χ4n) is 1.22. The molecule has 0 amide bonds. The Bertz CT molecular complexity index is 619. The molecule has 6 nitrogen and oxygen atoms in total. The number of pyridine rings is 1. The van der Waals surface area contributed by atoms with Gasteiger partial charge >= 0.3 is 0 Å². The number of hydrogen-bond acceptors (Lipinski definition) is 7. The standard InChI is InChI=1S/C9H10N4O2S2/c1-6-12-13-9(16-6)5-17(14,15)7-2-3-8(10)11-4-7/h2-4H,5H2,1H3,(H2,10,11). The predicted molar refractivity (Wildman–Crippen MR) is 64.2 cm³/mol. The summed E-state index contributed by atoms with van der Waals surface area (Å²) in [5.41, 5.74) is 5.40. The van der Waals surface area contributed by atoms with Crippen LogP contribution < -0.4 is 5.73 Å². The summed E-state index contributed by atoms with van der Waals surface area (Å²) in [6, 6.07) is 2.89. The minimum Gasteiger partial charge on any atom is -0.384 e. The second-order valence-electron chi connectivity index (χ2n) is 3.39. The summed E-state index contributed by atoms with van der Waals surface area (Å²) in [6.07, 6.45) is 1.25. The van der Waals surface area contributed by atoms with Gasteiger partial charge in [-0.2, -0.15) is 0 Å². The summed E-state index contributed by atoms with van der Waals surface area (Å²) < 4.78 is 24.0. The van der Waals surface area contributed by atoms with E-state index in [1.807, 2.05) is 0 Å². The molecule has 0 saturated carbocycles. The summed E-state index contributed by atoms with van der Waals surface area (Å²) in [7, 11) is -3.43. The third kappa shape index (κ3) is 2.77. The van der Waals surface area contributed by atoms with Crippen molar-refractivity contribution < 1.29 is 8.42 Å². The van der Waals surface area contributed by atoms with Crippen LogP contribution in [0.1, 0.15) is 10.0 Å². The molecule has 0 spiro atoms. The molecule has 0 atom stereocenters. The third-order valence-corrected chi connectivity index (χ3v) is 4.63. The van der Waals surface area contributed by atoms with E-state index in [0.717, 1.165) is 5.01 Å². The zero-order valence-corrected chi connectivity index (χ0v) is 10.6. The number of nitrogens with zero attached hydrogens (tertiary/aromatic N) is 3. The SMILES string of the molecule is Cc1nnc(CS(=O)(=O)c2ccc(N)nc2)s1. The number of anilines is 1. The van der Waals surface area contributed by atoms with Gasteiger partial charge in [0.2, 0.25) is 0 Å².